The fourth-order valence-electron chi connectivity index (χ4n) is 2.69. The highest BCUT2D eigenvalue weighted by molar-refractivity contribution is 6.35. The van der Waals surface area contributed by atoms with Crippen LogP contribution in [0.4, 0.5) is 5.69 Å². The molecule has 0 saturated heterocycles. The second-order valence-electron chi connectivity index (χ2n) is 6.10. The zero-order valence-corrected chi connectivity index (χ0v) is 16.2. The highest BCUT2D eigenvalue weighted by Gasteiger charge is 2.13. The minimum absolute atomic E-state index is 0.0714. The van der Waals surface area contributed by atoms with Gasteiger partial charge in [-0.25, -0.2) is 0 Å². The second-order valence-corrected chi connectivity index (χ2v) is 6.94. The normalized spacial score (nSPS) is 10.6. The molecule has 1 heterocycles. The molecule has 0 aliphatic rings. The van der Waals surface area contributed by atoms with Crippen molar-refractivity contribution < 1.29 is 4.79 Å². The largest absolute Gasteiger partial charge is 0.322 e. The number of benzene rings is 2. The van der Waals surface area contributed by atoms with Crippen molar-refractivity contribution in [3.05, 3.63) is 97.9 Å². The van der Waals surface area contributed by atoms with Gasteiger partial charge in [-0.2, -0.15) is 0 Å². The van der Waals surface area contributed by atoms with E-state index in [1.165, 1.54) is 16.2 Å². The Morgan fingerprint density at radius 2 is 1.81 bits per heavy atom. The summed E-state index contributed by atoms with van der Waals surface area (Å²) in [6, 6.07) is 15.8. The minimum Gasteiger partial charge on any atom is -0.322 e. The topological polar surface area (TPSA) is 51.1 Å². The van der Waals surface area contributed by atoms with E-state index in [2.05, 4.69) is 12.2 Å². The van der Waals surface area contributed by atoms with E-state index in [1.807, 2.05) is 24.3 Å². The van der Waals surface area contributed by atoms with Crippen molar-refractivity contribution in [3.8, 4) is 0 Å². The van der Waals surface area contributed by atoms with Crippen LogP contribution in [-0.4, -0.2) is 10.5 Å². The van der Waals surface area contributed by atoms with Crippen LogP contribution in [0.3, 0.4) is 0 Å². The molecule has 1 amide bonds. The Morgan fingerprint density at radius 1 is 1.07 bits per heavy atom. The van der Waals surface area contributed by atoms with Crippen LogP contribution in [0.2, 0.25) is 10.0 Å². The summed E-state index contributed by atoms with van der Waals surface area (Å²) in [5.74, 6) is -0.444. The quantitative estimate of drug-likeness (QED) is 0.653. The molecule has 6 heteroatoms. The Balaban J connectivity index is 1.83. The van der Waals surface area contributed by atoms with Crippen molar-refractivity contribution in [1.29, 1.82) is 0 Å². The lowest BCUT2D eigenvalue weighted by molar-refractivity contribution is 0.102. The maximum Gasteiger partial charge on any atom is 0.263 e. The van der Waals surface area contributed by atoms with Crippen LogP contribution in [0.1, 0.15) is 28.4 Å². The molecule has 0 bridgehead atoms. The smallest absolute Gasteiger partial charge is 0.263 e. The fraction of sp³-hybridized carbons (Fsp3) is 0.143. The molecule has 138 valence electrons. The molecule has 0 atom stereocenters. The third-order valence-electron chi connectivity index (χ3n) is 4.24. The summed E-state index contributed by atoms with van der Waals surface area (Å²) in [5.41, 5.74) is 2.26. The Labute approximate surface area is 167 Å². The zero-order chi connectivity index (χ0) is 19.4. The van der Waals surface area contributed by atoms with Crippen LogP contribution in [0.15, 0.2) is 65.6 Å². The van der Waals surface area contributed by atoms with Gasteiger partial charge in [0.2, 0.25) is 0 Å². The number of aromatic nitrogens is 1. The molecule has 1 aromatic heterocycles. The lowest BCUT2D eigenvalue weighted by atomic mass is 10.1. The number of nitrogens with one attached hydrogen (secondary N) is 1. The van der Waals surface area contributed by atoms with Gasteiger partial charge in [-0.3, -0.25) is 9.59 Å². The maximum absolute atomic E-state index is 12.7. The first-order valence-electron chi connectivity index (χ1n) is 8.51. The molecular weight excluding hydrogens is 383 g/mol. The number of aryl methyl sites for hydroxylation is 1. The first-order chi connectivity index (χ1) is 13.0. The van der Waals surface area contributed by atoms with Crippen LogP contribution in [0.5, 0.6) is 0 Å². The van der Waals surface area contributed by atoms with Crippen molar-refractivity contribution in [2.24, 2.45) is 0 Å². The Hall–Kier alpha value is -2.56. The van der Waals surface area contributed by atoms with E-state index < -0.39 is 5.91 Å². The van der Waals surface area contributed by atoms with Gasteiger partial charge in [0.1, 0.15) is 5.56 Å². The number of hydrogen-bond acceptors (Lipinski definition) is 2. The number of carbonyl (C=O) groups is 1. The summed E-state index contributed by atoms with van der Waals surface area (Å²) in [5, 5.41) is 3.76. The van der Waals surface area contributed by atoms with E-state index in [0.717, 1.165) is 12.0 Å². The van der Waals surface area contributed by atoms with Gasteiger partial charge in [-0.1, -0.05) is 48.3 Å². The van der Waals surface area contributed by atoms with E-state index >= 15 is 0 Å². The number of anilines is 1. The van der Waals surface area contributed by atoms with E-state index in [0.29, 0.717) is 15.7 Å². The zero-order valence-electron chi connectivity index (χ0n) is 14.7. The molecule has 1 N–H and O–H groups in total. The number of hydrogen-bond donors (Lipinski definition) is 1. The molecular formula is C21H18Cl2N2O2. The maximum atomic E-state index is 12.7. The summed E-state index contributed by atoms with van der Waals surface area (Å²) >= 11 is 12.1. The van der Waals surface area contributed by atoms with E-state index in [4.69, 9.17) is 23.2 Å². The molecule has 4 nitrogen and oxygen atoms in total. The van der Waals surface area contributed by atoms with Gasteiger partial charge in [0.15, 0.2) is 0 Å². The third kappa shape index (κ3) is 4.59. The lowest BCUT2D eigenvalue weighted by Crippen LogP contribution is -2.29. The van der Waals surface area contributed by atoms with Gasteiger partial charge in [0.25, 0.3) is 11.5 Å². The number of pyridine rings is 1. The second kappa shape index (κ2) is 8.42. The summed E-state index contributed by atoms with van der Waals surface area (Å²) < 4.78 is 1.45. The van der Waals surface area contributed by atoms with Gasteiger partial charge in [0.05, 0.1) is 6.54 Å². The van der Waals surface area contributed by atoms with E-state index in [1.54, 1.807) is 30.5 Å². The number of halogens is 2. The molecule has 0 spiro atoms. The Morgan fingerprint density at radius 3 is 2.48 bits per heavy atom. The molecule has 0 fully saturated rings. The van der Waals surface area contributed by atoms with Crippen LogP contribution >= 0.6 is 23.2 Å². The number of rotatable bonds is 5. The number of carbonyl (C=O) groups excluding carboxylic acids is 1. The molecule has 3 aromatic rings. The van der Waals surface area contributed by atoms with Gasteiger partial charge in [0, 0.05) is 21.9 Å². The predicted octanol–water partition coefficient (Wildman–Crippen LogP) is 5.02. The molecule has 0 radical (unpaired) electrons. The summed E-state index contributed by atoms with van der Waals surface area (Å²) in [6.45, 7) is 2.31. The molecule has 3 rings (SSSR count). The van der Waals surface area contributed by atoms with Crippen molar-refractivity contribution >= 4 is 34.8 Å². The summed E-state index contributed by atoms with van der Waals surface area (Å²) in [6.07, 6.45) is 2.55. The van der Waals surface area contributed by atoms with E-state index in [-0.39, 0.29) is 17.7 Å². The first kappa shape index (κ1) is 19.2. The minimum atomic E-state index is -0.444. The van der Waals surface area contributed by atoms with Crippen molar-refractivity contribution in [1.82, 2.24) is 4.57 Å². The van der Waals surface area contributed by atoms with Crippen molar-refractivity contribution in [2.45, 2.75) is 19.9 Å². The number of amides is 1. The average Bonchev–Trinajstić information content (AvgIpc) is 2.66. The summed E-state index contributed by atoms with van der Waals surface area (Å²) in [4.78, 5) is 25.3. The van der Waals surface area contributed by atoms with Crippen molar-refractivity contribution in [2.75, 3.05) is 5.32 Å². The SMILES string of the molecule is CCc1ccc(NC(=O)c2cccn(Cc3ccc(Cl)cc3Cl)c2=O)cc1. The van der Waals surface area contributed by atoms with Gasteiger partial charge < -0.3 is 9.88 Å². The monoisotopic (exact) mass is 400 g/mol. The van der Waals surface area contributed by atoms with Crippen LogP contribution in [0, 0.1) is 0 Å². The highest BCUT2D eigenvalue weighted by atomic mass is 35.5. The molecule has 0 aliphatic heterocycles. The standard InChI is InChI=1S/C21H18Cl2N2O2/c1-2-14-5-9-17(10-6-14)24-20(26)18-4-3-11-25(21(18)27)13-15-7-8-16(22)12-19(15)23/h3-12H,2,13H2,1H3,(H,24,26). The van der Waals surface area contributed by atoms with Gasteiger partial charge in [-0.15, -0.1) is 0 Å². The molecule has 0 aliphatic carbocycles. The van der Waals surface area contributed by atoms with Crippen LogP contribution in [-0.2, 0) is 13.0 Å². The summed E-state index contributed by atoms with van der Waals surface area (Å²) in [7, 11) is 0. The Bertz CT molecular complexity index is 1030. The van der Waals surface area contributed by atoms with Gasteiger partial charge >= 0.3 is 0 Å². The highest BCUT2D eigenvalue weighted by Crippen LogP contribution is 2.21. The van der Waals surface area contributed by atoms with Crippen LogP contribution in [0.25, 0.3) is 0 Å². The lowest BCUT2D eigenvalue weighted by Gasteiger charge is -2.10. The number of nitrogens with zero attached hydrogens (tertiary/aromatic N) is 1. The predicted molar refractivity (Wildman–Crippen MR) is 110 cm³/mol. The molecule has 0 unspecified atom stereocenters. The van der Waals surface area contributed by atoms with Gasteiger partial charge in [-0.05, 0) is 53.9 Å². The van der Waals surface area contributed by atoms with Crippen molar-refractivity contribution in [3.63, 3.8) is 0 Å². The third-order valence-corrected chi connectivity index (χ3v) is 4.83. The molecule has 27 heavy (non-hydrogen) atoms. The average molecular weight is 401 g/mol. The van der Waals surface area contributed by atoms with E-state index in [9.17, 15) is 9.59 Å². The first-order valence-corrected chi connectivity index (χ1v) is 9.27. The fourth-order valence-corrected chi connectivity index (χ4v) is 3.16. The molecule has 0 saturated carbocycles. The van der Waals surface area contributed by atoms with Crippen LogP contribution < -0.4 is 10.9 Å². The Kier molecular flexibility index (Phi) is 5.99. The molecule has 2 aromatic carbocycles.